The molecule has 2 aromatic heterocycles. The van der Waals surface area contributed by atoms with Gasteiger partial charge in [0.2, 0.25) is 5.95 Å². The van der Waals surface area contributed by atoms with Gasteiger partial charge in [0.05, 0.1) is 11.6 Å². The summed E-state index contributed by atoms with van der Waals surface area (Å²) in [6, 6.07) is 15.2. The molecular weight excluding hydrogens is 412 g/mol. The molecule has 1 saturated heterocycles. The average molecular weight is 443 g/mol. The van der Waals surface area contributed by atoms with Crippen molar-refractivity contribution in [3.8, 4) is 0 Å². The largest absolute Gasteiger partial charge is 0.352 e. The quantitative estimate of drug-likeness (QED) is 0.604. The van der Waals surface area contributed by atoms with Gasteiger partial charge in [-0.05, 0) is 36.1 Å². The lowest BCUT2D eigenvalue weighted by Crippen LogP contribution is -2.47. The molecule has 1 unspecified atom stereocenters. The monoisotopic (exact) mass is 442 g/mol. The second-order valence-corrected chi connectivity index (χ2v) is 9.06. The fourth-order valence-corrected chi connectivity index (χ4v) is 5.05. The van der Waals surface area contributed by atoms with E-state index in [-0.39, 0.29) is 0 Å². The Balaban J connectivity index is 1.16. The molecule has 1 aromatic carbocycles. The van der Waals surface area contributed by atoms with Crippen molar-refractivity contribution in [3.05, 3.63) is 71.5 Å². The number of hydrazine groups is 1. The first-order valence-corrected chi connectivity index (χ1v) is 11.9. The highest BCUT2D eigenvalue weighted by atomic mass is 15.5. The maximum absolute atomic E-state index is 5.12. The van der Waals surface area contributed by atoms with E-state index in [0.29, 0.717) is 6.04 Å². The summed E-state index contributed by atoms with van der Waals surface area (Å²) in [7, 11) is 0. The van der Waals surface area contributed by atoms with Crippen LogP contribution in [0.4, 0.5) is 17.6 Å². The van der Waals surface area contributed by atoms with E-state index in [0.717, 1.165) is 76.2 Å². The van der Waals surface area contributed by atoms with E-state index in [1.165, 1.54) is 16.7 Å². The van der Waals surface area contributed by atoms with Crippen molar-refractivity contribution in [1.82, 2.24) is 25.3 Å². The second kappa shape index (κ2) is 8.96. The van der Waals surface area contributed by atoms with Gasteiger partial charge in [0.15, 0.2) is 5.82 Å². The molecule has 1 atom stereocenters. The van der Waals surface area contributed by atoms with E-state index in [1.54, 1.807) is 0 Å². The number of pyridine rings is 1. The number of hydrogen-bond donors (Lipinski definition) is 2. The lowest BCUT2D eigenvalue weighted by molar-refractivity contribution is 0.260. The van der Waals surface area contributed by atoms with E-state index in [4.69, 9.17) is 9.97 Å². The van der Waals surface area contributed by atoms with Crippen LogP contribution in [-0.4, -0.2) is 59.1 Å². The van der Waals surface area contributed by atoms with Gasteiger partial charge in [-0.2, -0.15) is 9.97 Å². The molecule has 5 heterocycles. The van der Waals surface area contributed by atoms with Gasteiger partial charge in [0, 0.05) is 58.2 Å². The average Bonchev–Trinajstić information content (AvgIpc) is 3.30. The van der Waals surface area contributed by atoms with Crippen LogP contribution in [0.3, 0.4) is 0 Å². The number of nitrogens with one attached hydrogen (secondary N) is 2. The zero-order valence-corrected chi connectivity index (χ0v) is 18.8. The zero-order chi connectivity index (χ0) is 22.0. The van der Waals surface area contributed by atoms with Crippen LogP contribution in [0.15, 0.2) is 54.9 Å². The molecule has 0 radical (unpaired) electrons. The molecule has 33 heavy (non-hydrogen) atoms. The zero-order valence-electron chi connectivity index (χ0n) is 18.8. The van der Waals surface area contributed by atoms with Crippen molar-refractivity contribution in [2.24, 2.45) is 0 Å². The Bertz CT molecular complexity index is 1080. The van der Waals surface area contributed by atoms with Crippen molar-refractivity contribution < 1.29 is 0 Å². The molecule has 2 N–H and O–H groups in total. The van der Waals surface area contributed by atoms with Crippen molar-refractivity contribution in [3.63, 3.8) is 0 Å². The number of rotatable bonds is 6. The number of aromatic nitrogens is 3. The van der Waals surface area contributed by atoms with Crippen molar-refractivity contribution >= 4 is 17.6 Å². The minimum atomic E-state index is 0.293. The summed E-state index contributed by atoms with van der Waals surface area (Å²) >= 11 is 0. The Labute approximate surface area is 194 Å². The fourth-order valence-electron chi connectivity index (χ4n) is 5.05. The molecule has 170 valence electrons. The highest BCUT2D eigenvalue weighted by molar-refractivity contribution is 5.67. The maximum Gasteiger partial charge on any atom is 0.229 e. The van der Waals surface area contributed by atoms with Crippen LogP contribution in [0.2, 0.25) is 0 Å². The second-order valence-electron chi connectivity index (χ2n) is 9.06. The lowest BCUT2D eigenvalue weighted by atomic mass is 10.0. The number of piperazine rings is 1. The molecule has 3 aliphatic rings. The van der Waals surface area contributed by atoms with Crippen molar-refractivity contribution in [2.45, 2.75) is 25.4 Å². The lowest BCUT2D eigenvalue weighted by Gasteiger charge is -2.36. The smallest absolute Gasteiger partial charge is 0.229 e. The first kappa shape index (κ1) is 20.4. The third-order valence-corrected chi connectivity index (χ3v) is 6.95. The summed E-state index contributed by atoms with van der Waals surface area (Å²) in [5.41, 5.74) is 10.6. The van der Waals surface area contributed by atoms with Crippen LogP contribution >= 0.6 is 0 Å². The number of nitrogens with zero attached hydrogens (tertiary/aromatic N) is 6. The first-order chi connectivity index (χ1) is 16.3. The van der Waals surface area contributed by atoms with Crippen molar-refractivity contribution in [1.29, 1.82) is 0 Å². The Morgan fingerprint density at radius 1 is 0.879 bits per heavy atom. The molecule has 0 amide bonds. The SMILES string of the molecule is c1ccc(CN2CCC3NNc4nc(N5CCN(CCc6ccncc6)CC5)nc2c43)cc1. The topological polar surface area (TPSA) is 72.5 Å². The van der Waals surface area contributed by atoms with E-state index < -0.39 is 0 Å². The third kappa shape index (κ3) is 4.24. The Hall–Kier alpha value is -3.23. The summed E-state index contributed by atoms with van der Waals surface area (Å²) < 4.78 is 0. The van der Waals surface area contributed by atoms with E-state index >= 15 is 0 Å². The molecule has 0 saturated carbocycles. The van der Waals surface area contributed by atoms with Crippen LogP contribution in [0.1, 0.15) is 29.2 Å². The third-order valence-electron chi connectivity index (χ3n) is 6.95. The minimum absolute atomic E-state index is 0.293. The number of hydrogen-bond acceptors (Lipinski definition) is 8. The molecule has 1 fully saturated rings. The normalized spacial score (nSPS) is 19.9. The van der Waals surface area contributed by atoms with Gasteiger partial charge < -0.3 is 15.2 Å². The Morgan fingerprint density at radius 2 is 1.70 bits per heavy atom. The predicted molar refractivity (Wildman–Crippen MR) is 130 cm³/mol. The molecule has 8 nitrogen and oxygen atoms in total. The molecule has 0 aliphatic carbocycles. The van der Waals surface area contributed by atoms with E-state index in [9.17, 15) is 0 Å². The molecule has 3 aliphatic heterocycles. The standard InChI is InChI=1S/C25H30N8/c1-2-4-20(5-3-1)18-33-13-9-21-22-23(30-29-21)27-25(28-24(22)33)32-16-14-31(15-17-32)12-8-19-6-10-26-11-7-19/h1-7,10-11,21,29H,8-9,12-18H2,(H,27,28,30). The number of benzene rings is 1. The molecule has 0 spiro atoms. The Morgan fingerprint density at radius 3 is 2.52 bits per heavy atom. The maximum atomic E-state index is 5.12. The molecule has 6 rings (SSSR count). The minimum Gasteiger partial charge on any atom is -0.352 e. The van der Waals surface area contributed by atoms with Gasteiger partial charge >= 0.3 is 0 Å². The Kier molecular flexibility index (Phi) is 5.53. The molecule has 0 bridgehead atoms. The highest BCUT2D eigenvalue weighted by Crippen LogP contribution is 2.41. The highest BCUT2D eigenvalue weighted by Gasteiger charge is 2.35. The van der Waals surface area contributed by atoms with Crippen LogP contribution in [0.5, 0.6) is 0 Å². The van der Waals surface area contributed by atoms with Gasteiger partial charge in [-0.3, -0.25) is 9.88 Å². The van der Waals surface area contributed by atoms with Gasteiger partial charge in [0.25, 0.3) is 0 Å². The van der Waals surface area contributed by atoms with Crippen LogP contribution in [-0.2, 0) is 13.0 Å². The first-order valence-electron chi connectivity index (χ1n) is 11.9. The summed E-state index contributed by atoms with van der Waals surface area (Å²) in [4.78, 5) is 21.4. The van der Waals surface area contributed by atoms with Crippen LogP contribution in [0, 0.1) is 0 Å². The summed E-state index contributed by atoms with van der Waals surface area (Å²) in [6.45, 7) is 6.89. The van der Waals surface area contributed by atoms with Gasteiger partial charge in [-0.15, -0.1) is 0 Å². The number of anilines is 3. The van der Waals surface area contributed by atoms with Gasteiger partial charge in [-0.1, -0.05) is 30.3 Å². The van der Waals surface area contributed by atoms with E-state index in [1.807, 2.05) is 12.4 Å². The summed E-state index contributed by atoms with van der Waals surface area (Å²) in [5.74, 6) is 2.86. The fraction of sp³-hybridized carbons (Fsp3) is 0.400. The summed E-state index contributed by atoms with van der Waals surface area (Å²) in [5, 5.41) is 0. The van der Waals surface area contributed by atoms with E-state index in [2.05, 4.69) is 73.0 Å². The van der Waals surface area contributed by atoms with Crippen molar-refractivity contribution in [2.75, 3.05) is 54.5 Å². The van der Waals surface area contributed by atoms with Gasteiger partial charge in [0.1, 0.15) is 5.82 Å². The van der Waals surface area contributed by atoms with Crippen LogP contribution < -0.4 is 20.7 Å². The molecule has 8 heteroatoms. The summed E-state index contributed by atoms with van der Waals surface area (Å²) in [6.07, 6.45) is 5.87. The van der Waals surface area contributed by atoms with Gasteiger partial charge in [-0.25, -0.2) is 5.43 Å². The predicted octanol–water partition coefficient (Wildman–Crippen LogP) is 2.62. The van der Waals surface area contributed by atoms with Crippen LogP contribution in [0.25, 0.3) is 0 Å². The molecule has 3 aromatic rings. The molecular formula is C25H30N8.